The molecule has 1 aliphatic heterocycles. The van der Waals surface area contributed by atoms with E-state index in [2.05, 4.69) is 5.32 Å². The minimum Gasteiger partial charge on any atom is -0.480 e. The summed E-state index contributed by atoms with van der Waals surface area (Å²) in [6, 6.07) is -0.297. The highest BCUT2D eigenvalue weighted by Crippen LogP contribution is 2.19. The number of carbonyl (C=O) groups is 1. The van der Waals surface area contributed by atoms with E-state index in [1.54, 1.807) is 0 Å². The van der Waals surface area contributed by atoms with E-state index in [4.69, 9.17) is 5.11 Å². The normalized spacial score (nSPS) is 31.7. The molecule has 0 aromatic heterocycles. The molecule has 2 N–H and O–H groups in total. The summed E-state index contributed by atoms with van der Waals surface area (Å²) in [6.07, 6.45) is 3.13. The Morgan fingerprint density at radius 2 is 2.45 bits per heavy atom. The van der Waals surface area contributed by atoms with E-state index in [9.17, 15) is 4.79 Å². The predicted octanol–water partition coefficient (Wildman–Crippen LogP) is 0.849. The molecule has 0 aromatic rings. The summed E-state index contributed by atoms with van der Waals surface area (Å²) in [5, 5.41) is 11.8. The van der Waals surface area contributed by atoms with Gasteiger partial charge in [0.15, 0.2) is 0 Å². The van der Waals surface area contributed by atoms with Gasteiger partial charge in [0.1, 0.15) is 6.04 Å². The Labute approximate surface area is 66.8 Å². The van der Waals surface area contributed by atoms with Gasteiger partial charge in [0, 0.05) is 0 Å². The molecule has 1 saturated heterocycles. The van der Waals surface area contributed by atoms with Gasteiger partial charge in [0.25, 0.3) is 0 Å². The van der Waals surface area contributed by atoms with Crippen molar-refractivity contribution in [2.75, 3.05) is 6.54 Å². The highest BCUT2D eigenvalue weighted by Gasteiger charge is 2.28. The zero-order chi connectivity index (χ0) is 8.27. The molecular formula is C8H15NO2. The fourth-order valence-electron chi connectivity index (χ4n) is 1.68. The molecule has 1 fully saturated rings. The maximum Gasteiger partial charge on any atom is 0.320 e. The third-order valence-corrected chi connectivity index (χ3v) is 2.38. The molecule has 0 aliphatic carbocycles. The summed E-state index contributed by atoms with van der Waals surface area (Å²) in [4.78, 5) is 10.7. The van der Waals surface area contributed by atoms with Crippen LogP contribution in [0.15, 0.2) is 0 Å². The zero-order valence-corrected chi connectivity index (χ0v) is 6.84. The fourth-order valence-corrected chi connectivity index (χ4v) is 1.68. The third-order valence-electron chi connectivity index (χ3n) is 2.38. The minimum absolute atomic E-state index is 0.297. The molecule has 0 spiro atoms. The van der Waals surface area contributed by atoms with Gasteiger partial charge in [-0.1, -0.05) is 13.3 Å². The first-order valence-corrected chi connectivity index (χ1v) is 4.22. The van der Waals surface area contributed by atoms with E-state index in [1.165, 1.54) is 0 Å². The minimum atomic E-state index is -0.698. The van der Waals surface area contributed by atoms with Crippen LogP contribution < -0.4 is 5.32 Å². The molecule has 2 unspecified atom stereocenters. The van der Waals surface area contributed by atoms with Gasteiger partial charge in [-0.05, 0) is 25.3 Å². The molecule has 0 radical (unpaired) electrons. The molecule has 0 saturated carbocycles. The first-order chi connectivity index (χ1) is 5.25. The number of aliphatic carboxylic acids is 1. The van der Waals surface area contributed by atoms with E-state index in [0.717, 1.165) is 25.8 Å². The van der Waals surface area contributed by atoms with Crippen LogP contribution in [0.25, 0.3) is 0 Å². The van der Waals surface area contributed by atoms with E-state index in [1.807, 2.05) is 6.92 Å². The monoisotopic (exact) mass is 157 g/mol. The molecule has 0 bridgehead atoms. The van der Waals surface area contributed by atoms with E-state index >= 15 is 0 Å². The van der Waals surface area contributed by atoms with Crippen molar-refractivity contribution >= 4 is 5.97 Å². The topological polar surface area (TPSA) is 49.3 Å². The largest absolute Gasteiger partial charge is 0.480 e. The number of carboxylic acid groups (broad SMARTS) is 1. The Morgan fingerprint density at radius 1 is 1.73 bits per heavy atom. The van der Waals surface area contributed by atoms with Crippen LogP contribution in [0.2, 0.25) is 0 Å². The summed E-state index contributed by atoms with van der Waals surface area (Å²) < 4.78 is 0. The fraction of sp³-hybridized carbons (Fsp3) is 0.875. The second kappa shape index (κ2) is 3.72. The van der Waals surface area contributed by atoms with Gasteiger partial charge >= 0.3 is 5.97 Å². The van der Waals surface area contributed by atoms with E-state index in [0.29, 0.717) is 5.92 Å². The Kier molecular flexibility index (Phi) is 2.88. The number of hydrogen-bond acceptors (Lipinski definition) is 2. The van der Waals surface area contributed by atoms with Crippen molar-refractivity contribution in [1.29, 1.82) is 0 Å². The van der Waals surface area contributed by atoms with Crippen molar-refractivity contribution in [3.63, 3.8) is 0 Å². The molecule has 1 aliphatic rings. The second-order valence-corrected chi connectivity index (χ2v) is 3.08. The van der Waals surface area contributed by atoms with Crippen LogP contribution in [0.4, 0.5) is 0 Å². The zero-order valence-electron chi connectivity index (χ0n) is 6.84. The van der Waals surface area contributed by atoms with E-state index in [-0.39, 0.29) is 6.04 Å². The average molecular weight is 157 g/mol. The van der Waals surface area contributed by atoms with Gasteiger partial charge in [-0.2, -0.15) is 0 Å². The first-order valence-electron chi connectivity index (χ1n) is 4.22. The predicted molar refractivity (Wildman–Crippen MR) is 42.4 cm³/mol. The molecule has 1 rings (SSSR count). The molecule has 3 heteroatoms. The Balaban J connectivity index is 2.51. The summed E-state index contributed by atoms with van der Waals surface area (Å²) in [6.45, 7) is 2.90. The summed E-state index contributed by atoms with van der Waals surface area (Å²) in [5.74, 6) is -0.363. The van der Waals surface area contributed by atoms with Crippen LogP contribution in [-0.2, 0) is 4.79 Å². The lowest BCUT2D eigenvalue weighted by molar-refractivity contribution is -0.141. The quantitative estimate of drug-likeness (QED) is 0.624. The Hall–Kier alpha value is -0.570. The Bertz CT molecular complexity index is 147. The van der Waals surface area contributed by atoms with Crippen LogP contribution >= 0.6 is 0 Å². The number of nitrogens with one attached hydrogen (secondary N) is 1. The molecule has 11 heavy (non-hydrogen) atoms. The number of piperidine rings is 1. The van der Waals surface area contributed by atoms with Gasteiger partial charge in [-0.15, -0.1) is 0 Å². The summed E-state index contributed by atoms with van der Waals surface area (Å²) in [7, 11) is 0. The van der Waals surface area contributed by atoms with Crippen molar-refractivity contribution < 1.29 is 9.90 Å². The molecular weight excluding hydrogens is 142 g/mol. The van der Waals surface area contributed by atoms with E-state index < -0.39 is 5.97 Å². The molecule has 1 heterocycles. The van der Waals surface area contributed by atoms with Crippen molar-refractivity contribution in [1.82, 2.24) is 5.32 Å². The van der Waals surface area contributed by atoms with Gasteiger partial charge in [-0.25, -0.2) is 0 Å². The van der Waals surface area contributed by atoms with Crippen molar-refractivity contribution in [2.24, 2.45) is 5.92 Å². The highest BCUT2D eigenvalue weighted by molar-refractivity contribution is 5.74. The molecule has 64 valence electrons. The number of rotatable bonds is 2. The smallest absolute Gasteiger partial charge is 0.320 e. The maximum atomic E-state index is 10.7. The van der Waals surface area contributed by atoms with Gasteiger partial charge in [0.05, 0.1) is 0 Å². The number of carboxylic acids is 1. The molecule has 3 nitrogen and oxygen atoms in total. The molecule has 0 amide bonds. The van der Waals surface area contributed by atoms with Crippen molar-refractivity contribution in [2.45, 2.75) is 32.2 Å². The summed E-state index contributed by atoms with van der Waals surface area (Å²) >= 11 is 0. The lowest BCUT2D eigenvalue weighted by Crippen LogP contribution is -2.46. The second-order valence-electron chi connectivity index (χ2n) is 3.08. The van der Waals surface area contributed by atoms with Crippen LogP contribution in [0.1, 0.15) is 26.2 Å². The van der Waals surface area contributed by atoms with Crippen LogP contribution in [-0.4, -0.2) is 23.7 Å². The Morgan fingerprint density at radius 3 is 2.91 bits per heavy atom. The molecule has 2 atom stereocenters. The van der Waals surface area contributed by atoms with Gasteiger partial charge in [-0.3, -0.25) is 4.79 Å². The SMILES string of the molecule is CCC1CCCNC1C(=O)O. The third kappa shape index (κ3) is 1.93. The van der Waals surface area contributed by atoms with Gasteiger partial charge in [0.2, 0.25) is 0 Å². The average Bonchev–Trinajstić information content (AvgIpc) is 2.04. The van der Waals surface area contributed by atoms with Crippen molar-refractivity contribution in [3.05, 3.63) is 0 Å². The lowest BCUT2D eigenvalue weighted by atomic mass is 9.89. The molecule has 0 aromatic carbocycles. The van der Waals surface area contributed by atoms with Crippen LogP contribution in [0, 0.1) is 5.92 Å². The van der Waals surface area contributed by atoms with Crippen LogP contribution in [0.3, 0.4) is 0 Å². The standard InChI is InChI=1S/C8H15NO2/c1-2-6-4-3-5-9-7(6)8(10)11/h6-7,9H,2-5H2,1H3,(H,10,11). The summed E-state index contributed by atoms with van der Waals surface area (Å²) in [5.41, 5.74) is 0. The maximum absolute atomic E-state index is 10.7. The van der Waals surface area contributed by atoms with Gasteiger partial charge < -0.3 is 10.4 Å². The lowest BCUT2D eigenvalue weighted by Gasteiger charge is -2.28. The van der Waals surface area contributed by atoms with Crippen LogP contribution in [0.5, 0.6) is 0 Å². The van der Waals surface area contributed by atoms with Crippen molar-refractivity contribution in [3.8, 4) is 0 Å². The first kappa shape index (κ1) is 8.53. The number of hydrogen-bond donors (Lipinski definition) is 2. The highest BCUT2D eigenvalue weighted by atomic mass is 16.4.